The maximum absolute atomic E-state index is 12.5. The summed E-state index contributed by atoms with van der Waals surface area (Å²) in [4.78, 5) is 16.4. The number of benzene rings is 2. The van der Waals surface area contributed by atoms with Crippen molar-refractivity contribution in [3.05, 3.63) is 64.7 Å². The largest absolute Gasteiger partial charge is 0.490 e. The van der Waals surface area contributed by atoms with E-state index in [1.807, 2.05) is 36.4 Å². The molecule has 0 aliphatic heterocycles. The van der Waals surface area contributed by atoms with Gasteiger partial charge in [-0.15, -0.1) is 0 Å². The molecule has 182 valence electrons. The fraction of sp³-hybridized carbons (Fsp3) is 0.217. The highest BCUT2D eigenvalue weighted by Gasteiger charge is 2.25. The number of aromatic nitrogens is 2. The first-order valence-corrected chi connectivity index (χ1v) is 13.0. The third kappa shape index (κ3) is 7.02. The molecule has 0 saturated heterocycles. The molecule has 1 aromatic heterocycles. The van der Waals surface area contributed by atoms with E-state index >= 15 is 0 Å². The Hall–Kier alpha value is -3.46. The molecule has 0 aliphatic rings. The molecule has 0 bridgehead atoms. The lowest BCUT2D eigenvalue weighted by Gasteiger charge is -2.10. The van der Waals surface area contributed by atoms with E-state index in [-0.39, 0.29) is 22.5 Å². The number of nitrogens with zero attached hydrogens (tertiary/aromatic N) is 3. The number of carbonyl (C=O) groups excluding carboxylic acids is 1. The van der Waals surface area contributed by atoms with Gasteiger partial charge >= 0.3 is 0 Å². The summed E-state index contributed by atoms with van der Waals surface area (Å²) in [7, 11) is -3.67. The number of halogens is 1. The summed E-state index contributed by atoms with van der Waals surface area (Å²) < 4.78 is 39.3. The van der Waals surface area contributed by atoms with E-state index in [0.29, 0.717) is 34.5 Å². The maximum atomic E-state index is 12.5. The molecule has 0 saturated carbocycles. The molecule has 1 heterocycles. The van der Waals surface area contributed by atoms with E-state index in [1.54, 1.807) is 18.2 Å². The number of ether oxygens (including phenoxy) is 2. The van der Waals surface area contributed by atoms with Crippen LogP contribution in [0.3, 0.4) is 0 Å². The minimum absolute atomic E-state index is 0.0325. The average molecular weight is 533 g/mol. The number of carbonyl (C=O) groups is 1. The van der Waals surface area contributed by atoms with Crippen molar-refractivity contribution in [1.82, 2.24) is 9.36 Å². The van der Waals surface area contributed by atoms with E-state index in [1.165, 1.54) is 19.9 Å². The number of para-hydroxylation sites is 1. The summed E-state index contributed by atoms with van der Waals surface area (Å²) in [5, 5.41) is 11.0. The molecule has 1 N–H and O–H groups in total. The lowest BCUT2D eigenvalue weighted by atomic mass is 10.1. The summed E-state index contributed by atoms with van der Waals surface area (Å²) in [6, 6.07) is 16.0. The topological polar surface area (TPSA) is 131 Å². The van der Waals surface area contributed by atoms with Crippen molar-refractivity contribution < 1.29 is 22.7 Å². The molecule has 0 spiro atoms. The molecular formula is C23H21ClN4O5S2. The van der Waals surface area contributed by atoms with Gasteiger partial charge in [-0.25, -0.2) is 8.42 Å². The Morgan fingerprint density at radius 3 is 2.57 bits per heavy atom. The van der Waals surface area contributed by atoms with Crippen LogP contribution in [0.4, 0.5) is 5.13 Å². The summed E-state index contributed by atoms with van der Waals surface area (Å²) in [6.45, 7) is 3.61. The Labute approximate surface area is 212 Å². The van der Waals surface area contributed by atoms with Crippen LogP contribution in [0.15, 0.2) is 59.3 Å². The number of hydrogen-bond donors (Lipinski definition) is 1. The number of anilines is 1. The first-order valence-electron chi connectivity index (χ1n) is 10.3. The van der Waals surface area contributed by atoms with Gasteiger partial charge in [-0.2, -0.15) is 14.6 Å². The van der Waals surface area contributed by atoms with Crippen molar-refractivity contribution in [2.24, 2.45) is 0 Å². The monoisotopic (exact) mass is 532 g/mol. The Balaban J connectivity index is 1.62. The minimum Gasteiger partial charge on any atom is -0.490 e. The van der Waals surface area contributed by atoms with Crippen molar-refractivity contribution in [3.63, 3.8) is 0 Å². The standard InChI is InChI=1S/C23H21ClN4O5S2/c1-15(2)35(30,31)23-27-22(34-28-23)26-21(29)17(14-25)12-16-8-9-20(19(24)13-16)33-11-10-32-18-6-4-3-5-7-18/h3-9,12-13,15H,10-11H2,1-2H3,(H,26,27,28,29). The van der Waals surface area contributed by atoms with Crippen LogP contribution in [0.2, 0.25) is 5.02 Å². The smallest absolute Gasteiger partial charge is 0.268 e. The van der Waals surface area contributed by atoms with Gasteiger partial charge in [0.25, 0.3) is 11.1 Å². The fourth-order valence-electron chi connectivity index (χ4n) is 2.62. The van der Waals surface area contributed by atoms with Crippen molar-refractivity contribution in [3.8, 4) is 17.6 Å². The highest BCUT2D eigenvalue weighted by atomic mass is 35.5. The van der Waals surface area contributed by atoms with Crippen molar-refractivity contribution in [2.45, 2.75) is 24.3 Å². The third-order valence-electron chi connectivity index (χ3n) is 4.49. The number of nitriles is 1. The van der Waals surface area contributed by atoms with Crippen LogP contribution in [0.5, 0.6) is 11.5 Å². The maximum Gasteiger partial charge on any atom is 0.268 e. The zero-order chi connectivity index (χ0) is 25.4. The van der Waals surface area contributed by atoms with Gasteiger partial charge in [-0.1, -0.05) is 35.9 Å². The van der Waals surface area contributed by atoms with Crippen LogP contribution < -0.4 is 14.8 Å². The van der Waals surface area contributed by atoms with Crippen LogP contribution in [0, 0.1) is 11.3 Å². The van der Waals surface area contributed by atoms with Crippen LogP contribution in [0.25, 0.3) is 6.08 Å². The van der Waals surface area contributed by atoms with Crippen LogP contribution >= 0.6 is 23.1 Å². The molecule has 35 heavy (non-hydrogen) atoms. The number of amides is 1. The molecule has 2 aromatic carbocycles. The van der Waals surface area contributed by atoms with Gasteiger partial charge in [-0.05, 0) is 49.8 Å². The summed E-state index contributed by atoms with van der Waals surface area (Å²) >= 11 is 6.99. The first kappa shape index (κ1) is 26.2. The van der Waals surface area contributed by atoms with Gasteiger partial charge in [0, 0.05) is 11.5 Å². The molecule has 0 fully saturated rings. The first-order chi connectivity index (χ1) is 16.7. The predicted molar refractivity (Wildman–Crippen MR) is 133 cm³/mol. The molecule has 0 atom stereocenters. The van der Waals surface area contributed by atoms with Gasteiger partial charge < -0.3 is 9.47 Å². The summed E-state index contributed by atoms with van der Waals surface area (Å²) in [6.07, 6.45) is 1.34. The normalized spacial score (nSPS) is 11.7. The van der Waals surface area contributed by atoms with Crippen molar-refractivity contribution in [2.75, 3.05) is 18.5 Å². The highest BCUT2D eigenvalue weighted by molar-refractivity contribution is 7.91. The van der Waals surface area contributed by atoms with Crippen molar-refractivity contribution >= 4 is 50.1 Å². The summed E-state index contributed by atoms with van der Waals surface area (Å²) in [5.41, 5.74) is 0.268. The van der Waals surface area contributed by atoms with Crippen LogP contribution in [0.1, 0.15) is 19.4 Å². The third-order valence-corrected chi connectivity index (χ3v) is 7.46. The van der Waals surface area contributed by atoms with Crippen molar-refractivity contribution in [1.29, 1.82) is 5.26 Å². The molecule has 9 nitrogen and oxygen atoms in total. The van der Waals surface area contributed by atoms with E-state index < -0.39 is 21.0 Å². The highest BCUT2D eigenvalue weighted by Crippen LogP contribution is 2.27. The second-order valence-electron chi connectivity index (χ2n) is 7.30. The van der Waals surface area contributed by atoms with Gasteiger partial charge in [0.2, 0.25) is 15.0 Å². The average Bonchev–Trinajstić information content (AvgIpc) is 3.31. The zero-order valence-corrected chi connectivity index (χ0v) is 21.2. The molecule has 3 rings (SSSR count). The Morgan fingerprint density at radius 1 is 1.20 bits per heavy atom. The molecule has 0 aliphatic carbocycles. The van der Waals surface area contributed by atoms with Gasteiger partial charge in [0.05, 0.1) is 10.3 Å². The van der Waals surface area contributed by atoms with E-state index in [4.69, 9.17) is 21.1 Å². The Morgan fingerprint density at radius 2 is 1.91 bits per heavy atom. The van der Waals surface area contributed by atoms with Gasteiger partial charge in [0.15, 0.2) is 0 Å². The van der Waals surface area contributed by atoms with E-state index in [0.717, 1.165) is 5.75 Å². The number of nitrogens with one attached hydrogen (secondary N) is 1. The number of rotatable bonds is 10. The van der Waals surface area contributed by atoms with Crippen LogP contribution in [-0.2, 0) is 14.6 Å². The summed E-state index contributed by atoms with van der Waals surface area (Å²) in [5.74, 6) is 0.402. The lowest BCUT2D eigenvalue weighted by molar-refractivity contribution is -0.112. The molecule has 3 aromatic rings. The molecule has 0 radical (unpaired) electrons. The number of sulfone groups is 1. The second kappa shape index (κ2) is 11.8. The molecule has 1 amide bonds. The molecule has 0 unspecified atom stereocenters. The zero-order valence-electron chi connectivity index (χ0n) is 18.8. The second-order valence-corrected chi connectivity index (χ2v) is 10.9. The minimum atomic E-state index is -3.67. The number of hydrogen-bond acceptors (Lipinski definition) is 9. The Kier molecular flexibility index (Phi) is 8.81. The molecule has 12 heteroatoms. The Bertz CT molecular complexity index is 1370. The lowest BCUT2D eigenvalue weighted by Crippen LogP contribution is -2.16. The predicted octanol–water partition coefficient (Wildman–Crippen LogP) is 4.38. The van der Waals surface area contributed by atoms with Gasteiger partial charge in [0.1, 0.15) is 36.4 Å². The van der Waals surface area contributed by atoms with E-state index in [9.17, 15) is 18.5 Å². The van der Waals surface area contributed by atoms with Crippen LogP contribution in [-0.4, -0.2) is 42.1 Å². The molecular weight excluding hydrogens is 512 g/mol. The fourth-order valence-corrected chi connectivity index (χ4v) is 4.56. The SMILES string of the molecule is CC(C)S(=O)(=O)c1nsc(NC(=O)C(C#N)=Cc2ccc(OCCOc3ccccc3)c(Cl)c2)n1. The quantitative estimate of drug-likeness (QED) is 0.231. The van der Waals surface area contributed by atoms with Gasteiger partial charge in [-0.3, -0.25) is 10.1 Å². The van der Waals surface area contributed by atoms with E-state index in [2.05, 4.69) is 14.7 Å².